The molecule has 33 heavy (non-hydrogen) atoms. The minimum absolute atomic E-state index is 0.0248. The van der Waals surface area contributed by atoms with Crippen molar-refractivity contribution >= 4 is 11.6 Å². The third kappa shape index (κ3) is 3.67. The Labute approximate surface area is 191 Å². The second kappa shape index (κ2) is 8.20. The Balaban J connectivity index is 1.53. The van der Waals surface area contributed by atoms with E-state index in [4.69, 9.17) is 19.2 Å². The number of benzene rings is 2. The molecule has 168 valence electrons. The lowest BCUT2D eigenvalue weighted by atomic mass is 9.82. The average molecular weight is 444 g/mol. The first-order chi connectivity index (χ1) is 16.0. The van der Waals surface area contributed by atoms with Crippen molar-refractivity contribution in [2.75, 3.05) is 21.3 Å². The molecule has 5 rings (SSSR count). The number of hydrogen-bond acceptors (Lipinski definition) is 7. The van der Waals surface area contributed by atoms with Crippen LogP contribution >= 0.6 is 0 Å². The molecule has 2 aromatic heterocycles. The molecular weight excluding hydrogens is 420 g/mol. The predicted octanol–water partition coefficient (Wildman–Crippen LogP) is 4.04. The van der Waals surface area contributed by atoms with Crippen LogP contribution in [0.25, 0.3) is 17.2 Å². The number of Topliss-reactive ketones (excluding diaryl/α,β-unsaturated/α-hetero) is 1. The van der Waals surface area contributed by atoms with Crippen molar-refractivity contribution < 1.29 is 19.0 Å². The Morgan fingerprint density at radius 3 is 2.27 bits per heavy atom. The van der Waals surface area contributed by atoms with Crippen molar-refractivity contribution in [3.8, 4) is 28.6 Å². The number of fused-ring (bicyclic) bond motifs is 2. The first kappa shape index (κ1) is 20.9. The van der Waals surface area contributed by atoms with Gasteiger partial charge in [-0.05, 0) is 37.0 Å². The molecule has 8 nitrogen and oxygen atoms in total. The first-order valence-electron chi connectivity index (χ1n) is 10.7. The Morgan fingerprint density at radius 2 is 1.64 bits per heavy atom. The van der Waals surface area contributed by atoms with Crippen LogP contribution < -0.4 is 14.2 Å². The minimum atomic E-state index is -0.0619. The number of nitrogens with zero attached hydrogens (tertiary/aromatic N) is 4. The summed E-state index contributed by atoms with van der Waals surface area (Å²) in [7, 11) is 4.73. The summed E-state index contributed by atoms with van der Waals surface area (Å²) >= 11 is 0. The highest BCUT2D eigenvalue weighted by molar-refractivity contribution is 5.98. The van der Waals surface area contributed by atoms with Gasteiger partial charge in [-0.2, -0.15) is 4.98 Å². The van der Waals surface area contributed by atoms with Gasteiger partial charge < -0.3 is 14.2 Å². The molecule has 8 heteroatoms. The molecule has 0 bridgehead atoms. The van der Waals surface area contributed by atoms with E-state index in [0.29, 0.717) is 47.3 Å². The van der Waals surface area contributed by atoms with Crippen LogP contribution in [0.2, 0.25) is 0 Å². The Kier molecular flexibility index (Phi) is 5.20. The monoisotopic (exact) mass is 444 g/mol. The normalized spacial score (nSPS) is 15.4. The van der Waals surface area contributed by atoms with E-state index >= 15 is 0 Å². The highest BCUT2D eigenvalue weighted by Crippen LogP contribution is 2.42. The average Bonchev–Trinajstić information content (AvgIpc) is 3.25. The van der Waals surface area contributed by atoms with Crippen molar-refractivity contribution in [3.63, 3.8) is 0 Å². The summed E-state index contributed by atoms with van der Waals surface area (Å²) in [6, 6.07) is 11.8. The molecule has 0 amide bonds. The van der Waals surface area contributed by atoms with Gasteiger partial charge in [-0.25, -0.2) is 9.50 Å². The van der Waals surface area contributed by atoms with Crippen molar-refractivity contribution in [1.82, 2.24) is 19.6 Å². The van der Waals surface area contributed by atoms with E-state index in [-0.39, 0.29) is 11.7 Å². The SMILES string of the molecule is COc1cc([C@@H]2CC(=O)c3cn4nc(-c5ccc(C)cc5)nc4nc3C2)cc(OC)c1OC. The molecule has 1 aliphatic carbocycles. The van der Waals surface area contributed by atoms with Crippen LogP contribution in [-0.4, -0.2) is 46.7 Å². The highest BCUT2D eigenvalue weighted by atomic mass is 16.5. The number of aryl methyl sites for hydroxylation is 1. The summed E-state index contributed by atoms with van der Waals surface area (Å²) in [5.41, 5.74) is 4.32. The van der Waals surface area contributed by atoms with E-state index in [2.05, 4.69) is 10.1 Å². The van der Waals surface area contributed by atoms with Crippen LogP contribution in [0.3, 0.4) is 0 Å². The van der Waals surface area contributed by atoms with Crippen LogP contribution in [0.15, 0.2) is 42.6 Å². The number of ether oxygens (including phenoxy) is 3. The molecule has 2 aromatic carbocycles. The standard InChI is InChI=1S/C25H24N4O4/c1-14-5-7-15(8-6-14)24-27-25-26-19-9-16(10-20(30)18(19)13-29(25)28-24)17-11-21(31-2)23(33-4)22(12-17)32-3/h5-8,11-13,16H,9-10H2,1-4H3/t16-/m0/s1. The first-order valence-corrected chi connectivity index (χ1v) is 10.7. The van der Waals surface area contributed by atoms with Gasteiger partial charge in [0.15, 0.2) is 23.1 Å². The third-order valence-corrected chi connectivity index (χ3v) is 6.05. The van der Waals surface area contributed by atoms with Crippen molar-refractivity contribution in [2.45, 2.75) is 25.7 Å². The molecule has 0 saturated heterocycles. The lowest BCUT2D eigenvalue weighted by molar-refractivity contribution is 0.0962. The zero-order valence-electron chi connectivity index (χ0n) is 19.0. The Hall–Kier alpha value is -3.94. The van der Waals surface area contributed by atoms with Crippen molar-refractivity contribution in [3.05, 3.63) is 65.0 Å². The van der Waals surface area contributed by atoms with E-state index in [1.807, 2.05) is 43.3 Å². The summed E-state index contributed by atoms with van der Waals surface area (Å²) in [6.07, 6.45) is 2.71. The zero-order chi connectivity index (χ0) is 23.1. The minimum Gasteiger partial charge on any atom is -0.493 e. The van der Waals surface area contributed by atoms with Gasteiger partial charge in [0, 0.05) is 18.2 Å². The van der Waals surface area contributed by atoms with Crippen LogP contribution in [0.1, 0.15) is 39.5 Å². The molecule has 0 radical (unpaired) electrons. The Bertz CT molecular complexity index is 1340. The Morgan fingerprint density at radius 1 is 0.939 bits per heavy atom. The van der Waals surface area contributed by atoms with Gasteiger partial charge in [-0.1, -0.05) is 29.8 Å². The summed E-state index contributed by atoms with van der Waals surface area (Å²) in [5, 5.41) is 4.54. The number of aromatic nitrogens is 4. The maximum atomic E-state index is 13.1. The number of hydrogen-bond donors (Lipinski definition) is 0. The van der Waals surface area contributed by atoms with Gasteiger partial charge in [-0.15, -0.1) is 5.10 Å². The smallest absolute Gasteiger partial charge is 0.252 e. The topological polar surface area (TPSA) is 87.8 Å². The molecule has 1 aliphatic rings. The van der Waals surface area contributed by atoms with Gasteiger partial charge in [-0.3, -0.25) is 4.79 Å². The number of carbonyl (C=O) groups excluding carboxylic acids is 1. The zero-order valence-corrected chi connectivity index (χ0v) is 19.0. The maximum absolute atomic E-state index is 13.1. The maximum Gasteiger partial charge on any atom is 0.252 e. The van der Waals surface area contributed by atoms with Crippen LogP contribution in [0, 0.1) is 6.92 Å². The van der Waals surface area contributed by atoms with Gasteiger partial charge in [0.25, 0.3) is 5.78 Å². The van der Waals surface area contributed by atoms with Crippen LogP contribution in [0.5, 0.6) is 17.2 Å². The van der Waals surface area contributed by atoms with E-state index < -0.39 is 0 Å². The molecule has 0 saturated carbocycles. The quantitative estimate of drug-likeness (QED) is 0.459. The molecule has 4 aromatic rings. The van der Waals surface area contributed by atoms with Gasteiger partial charge in [0.2, 0.25) is 5.75 Å². The summed E-state index contributed by atoms with van der Waals surface area (Å²) in [4.78, 5) is 22.4. The number of methoxy groups -OCH3 is 3. The largest absolute Gasteiger partial charge is 0.493 e. The van der Waals surface area contributed by atoms with Crippen molar-refractivity contribution in [1.29, 1.82) is 0 Å². The molecule has 0 fully saturated rings. The summed E-state index contributed by atoms with van der Waals surface area (Å²) in [6.45, 7) is 2.03. The molecule has 0 unspecified atom stereocenters. The van der Waals surface area contributed by atoms with Gasteiger partial charge >= 0.3 is 0 Å². The lowest BCUT2D eigenvalue weighted by Gasteiger charge is -2.24. The van der Waals surface area contributed by atoms with Crippen molar-refractivity contribution in [2.24, 2.45) is 0 Å². The van der Waals surface area contributed by atoms with Crippen LogP contribution in [-0.2, 0) is 6.42 Å². The van der Waals surface area contributed by atoms with E-state index in [0.717, 1.165) is 16.8 Å². The molecule has 0 N–H and O–H groups in total. The molecule has 0 aliphatic heterocycles. The summed E-state index contributed by atoms with van der Waals surface area (Å²) in [5.74, 6) is 2.67. The van der Waals surface area contributed by atoms with E-state index in [1.165, 1.54) is 5.56 Å². The highest BCUT2D eigenvalue weighted by Gasteiger charge is 2.30. The molecule has 2 heterocycles. The molecule has 0 spiro atoms. The van der Waals surface area contributed by atoms with E-state index in [1.54, 1.807) is 32.0 Å². The fraction of sp³-hybridized carbons (Fsp3) is 0.280. The van der Waals surface area contributed by atoms with Gasteiger partial charge in [0.1, 0.15) is 0 Å². The van der Waals surface area contributed by atoms with Crippen LogP contribution in [0.4, 0.5) is 0 Å². The van der Waals surface area contributed by atoms with E-state index in [9.17, 15) is 4.79 Å². The lowest BCUT2D eigenvalue weighted by Crippen LogP contribution is -2.21. The van der Waals surface area contributed by atoms with Gasteiger partial charge in [0.05, 0.1) is 32.6 Å². The number of ketones is 1. The summed E-state index contributed by atoms with van der Waals surface area (Å²) < 4.78 is 18.0. The molecule has 1 atom stereocenters. The number of carbonyl (C=O) groups is 1. The third-order valence-electron chi connectivity index (χ3n) is 6.05. The number of rotatable bonds is 5. The predicted molar refractivity (Wildman–Crippen MR) is 122 cm³/mol. The second-order valence-electron chi connectivity index (χ2n) is 8.13. The molecular formula is C25H24N4O4. The fourth-order valence-electron chi connectivity index (χ4n) is 4.28. The fourth-order valence-corrected chi connectivity index (χ4v) is 4.28. The second-order valence-corrected chi connectivity index (χ2v) is 8.13.